The summed E-state index contributed by atoms with van der Waals surface area (Å²) in [7, 11) is 1.43. The average Bonchev–Trinajstić information content (AvgIpc) is 2.51. The molecule has 1 aromatic carbocycles. The Labute approximate surface area is 149 Å². The predicted molar refractivity (Wildman–Crippen MR) is 90.8 cm³/mol. The number of halogens is 3. The van der Waals surface area contributed by atoms with Crippen molar-refractivity contribution >= 4 is 46.8 Å². The van der Waals surface area contributed by atoms with Crippen molar-refractivity contribution in [2.24, 2.45) is 0 Å². The fourth-order valence-electron chi connectivity index (χ4n) is 1.80. The number of rotatable bonds is 3. The van der Waals surface area contributed by atoms with E-state index in [1.807, 2.05) is 0 Å². The van der Waals surface area contributed by atoms with E-state index in [1.54, 1.807) is 30.3 Å². The molecule has 0 saturated carbocycles. The maximum atomic E-state index is 12.6. The first-order valence-corrected chi connectivity index (χ1v) is 7.87. The molecule has 0 aliphatic carbocycles. The van der Waals surface area contributed by atoms with Crippen molar-refractivity contribution in [1.29, 1.82) is 5.26 Å². The Morgan fingerprint density at radius 3 is 2.48 bits per heavy atom. The van der Waals surface area contributed by atoms with Crippen molar-refractivity contribution in [2.45, 2.75) is 3.12 Å². The second kappa shape index (κ2) is 6.89. The molecule has 0 radical (unpaired) electrons. The molecule has 0 spiro atoms. The highest BCUT2D eigenvalue weighted by Gasteiger charge is 2.26. The van der Waals surface area contributed by atoms with Crippen molar-refractivity contribution < 1.29 is 4.74 Å². The normalized spacial score (nSPS) is 11.1. The van der Waals surface area contributed by atoms with Crippen LogP contribution in [0.1, 0.15) is 5.56 Å². The fraction of sp³-hybridized carbons (Fsp3) is 0.154. The van der Waals surface area contributed by atoms with Crippen molar-refractivity contribution in [3.05, 3.63) is 56.9 Å². The van der Waals surface area contributed by atoms with Crippen LogP contribution in [-0.4, -0.2) is 18.8 Å². The van der Waals surface area contributed by atoms with Crippen LogP contribution in [0, 0.1) is 11.3 Å². The van der Waals surface area contributed by atoms with E-state index in [9.17, 15) is 9.59 Å². The van der Waals surface area contributed by atoms with Crippen LogP contribution >= 0.6 is 46.8 Å². The molecule has 0 saturated heterocycles. The molecule has 120 valence electrons. The Morgan fingerprint density at radius 2 is 1.91 bits per heavy atom. The van der Waals surface area contributed by atoms with Gasteiger partial charge in [-0.25, -0.2) is 4.79 Å². The summed E-state index contributed by atoms with van der Waals surface area (Å²) in [5, 5.41) is 9.11. The zero-order valence-corrected chi connectivity index (χ0v) is 14.6. The van der Waals surface area contributed by atoms with Gasteiger partial charge in [-0.05, 0) is 12.1 Å². The van der Waals surface area contributed by atoms with E-state index in [4.69, 9.17) is 44.8 Å². The topological polar surface area (TPSA) is 77.0 Å². The molecule has 0 unspecified atom stereocenters. The highest BCUT2D eigenvalue weighted by Crippen LogP contribution is 2.38. The largest absolute Gasteiger partial charge is 0.495 e. The summed E-state index contributed by atoms with van der Waals surface area (Å²) in [5.41, 5.74) is -1.58. The minimum atomic E-state index is -1.95. The summed E-state index contributed by atoms with van der Waals surface area (Å²) in [5.74, 6) is 0.377. The molecule has 0 aliphatic heterocycles. The molecular weight excluding hydrogens is 385 g/mol. The number of hydrogen-bond donors (Lipinski definition) is 0. The molecule has 0 amide bonds. The molecule has 1 heterocycles. The van der Waals surface area contributed by atoms with Crippen LogP contribution < -0.4 is 16.0 Å². The Morgan fingerprint density at radius 1 is 1.26 bits per heavy atom. The molecule has 0 atom stereocenters. The second-order valence-corrected chi connectivity index (χ2v) is 8.23. The molecule has 1 aromatic heterocycles. The summed E-state index contributed by atoms with van der Waals surface area (Å²) in [6, 6.07) is 8.33. The van der Waals surface area contributed by atoms with E-state index in [0.29, 0.717) is 27.4 Å². The number of para-hydroxylation sites is 2. The lowest BCUT2D eigenvalue weighted by atomic mass is 10.3. The third-order valence-electron chi connectivity index (χ3n) is 2.71. The van der Waals surface area contributed by atoms with Crippen LogP contribution in [0.15, 0.2) is 40.1 Å². The van der Waals surface area contributed by atoms with Gasteiger partial charge in [0.25, 0.3) is 8.68 Å². The van der Waals surface area contributed by atoms with Gasteiger partial charge in [0.2, 0.25) is 0 Å². The number of hydrogen-bond acceptors (Lipinski definition) is 5. The summed E-state index contributed by atoms with van der Waals surface area (Å²) in [6.45, 7) is 0. The monoisotopic (exact) mass is 391 g/mol. The van der Waals surface area contributed by atoms with Gasteiger partial charge in [0.1, 0.15) is 17.4 Å². The molecule has 0 N–H and O–H groups in total. The van der Waals surface area contributed by atoms with E-state index in [1.165, 1.54) is 7.11 Å². The van der Waals surface area contributed by atoms with Crippen LogP contribution in [0.5, 0.6) is 5.75 Å². The summed E-state index contributed by atoms with van der Waals surface area (Å²) in [6.07, 6.45) is 1.12. The van der Waals surface area contributed by atoms with Gasteiger partial charge in [0.05, 0.1) is 12.8 Å². The Bertz CT molecular complexity index is 896. The van der Waals surface area contributed by atoms with Crippen molar-refractivity contribution in [1.82, 2.24) is 8.54 Å². The van der Waals surface area contributed by atoms with Crippen LogP contribution in [0.3, 0.4) is 0 Å². The van der Waals surface area contributed by atoms with Crippen LogP contribution in [0.4, 0.5) is 0 Å². The number of alkyl halides is 3. The van der Waals surface area contributed by atoms with Gasteiger partial charge in [-0.1, -0.05) is 46.9 Å². The highest BCUT2D eigenvalue weighted by atomic mass is 35.6. The molecule has 2 aromatic rings. The third kappa shape index (κ3) is 3.85. The lowest BCUT2D eigenvalue weighted by Gasteiger charge is -2.15. The zero-order valence-electron chi connectivity index (χ0n) is 11.5. The van der Waals surface area contributed by atoms with Gasteiger partial charge in [-0.15, -0.1) is 0 Å². The maximum Gasteiger partial charge on any atom is 0.346 e. The Balaban J connectivity index is 2.81. The first-order valence-electron chi connectivity index (χ1n) is 5.97. The molecule has 2 rings (SSSR count). The number of nitrogens with zero attached hydrogens (tertiary/aromatic N) is 3. The summed E-state index contributed by atoms with van der Waals surface area (Å²) < 4.78 is 4.94. The highest BCUT2D eigenvalue weighted by molar-refractivity contribution is 8.03. The van der Waals surface area contributed by atoms with Gasteiger partial charge < -0.3 is 4.74 Å². The SMILES string of the molecule is COc1ccccc1-n1cc(C#N)c(=O)n(SC(Cl)(Cl)Cl)c1=O. The summed E-state index contributed by atoms with van der Waals surface area (Å²) >= 11 is 17.3. The van der Waals surface area contributed by atoms with E-state index < -0.39 is 14.4 Å². The van der Waals surface area contributed by atoms with E-state index >= 15 is 0 Å². The lowest BCUT2D eigenvalue weighted by Crippen LogP contribution is -2.38. The maximum absolute atomic E-state index is 12.6. The number of aromatic nitrogens is 2. The fourth-order valence-corrected chi connectivity index (χ4v) is 2.97. The molecule has 23 heavy (non-hydrogen) atoms. The van der Waals surface area contributed by atoms with E-state index in [-0.39, 0.29) is 5.56 Å². The Kier molecular flexibility index (Phi) is 5.32. The average molecular weight is 393 g/mol. The van der Waals surface area contributed by atoms with Crippen LogP contribution in [0.2, 0.25) is 0 Å². The third-order valence-corrected chi connectivity index (χ3v) is 4.05. The first kappa shape index (κ1) is 17.8. The lowest BCUT2D eigenvalue weighted by molar-refractivity contribution is 0.412. The van der Waals surface area contributed by atoms with E-state index in [0.717, 1.165) is 10.8 Å². The molecule has 10 heteroatoms. The smallest absolute Gasteiger partial charge is 0.346 e. The van der Waals surface area contributed by atoms with Crippen molar-refractivity contribution in [3.63, 3.8) is 0 Å². The van der Waals surface area contributed by atoms with Gasteiger partial charge in [-0.2, -0.15) is 9.23 Å². The molecule has 0 bridgehead atoms. The number of ether oxygens (including phenoxy) is 1. The van der Waals surface area contributed by atoms with Gasteiger partial charge in [-0.3, -0.25) is 9.36 Å². The molecular formula is C13H8Cl3N3O3S. The van der Waals surface area contributed by atoms with Gasteiger partial charge >= 0.3 is 5.69 Å². The minimum Gasteiger partial charge on any atom is -0.495 e. The summed E-state index contributed by atoms with van der Waals surface area (Å²) in [4.78, 5) is 24.7. The Hall–Kier alpha value is -1.59. The number of benzene rings is 1. The minimum absolute atomic E-state index is 0.280. The predicted octanol–water partition coefficient (Wildman–Crippen LogP) is 2.70. The molecule has 6 nitrogen and oxygen atoms in total. The van der Waals surface area contributed by atoms with Crippen LogP contribution in [-0.2, 0) is 0 Å². The quantitative estimate of drug-likeness (QED) is 0.751. The molecule has 0 aliphatic rings. The van der Waals surface area contributed by atoms with Gasteiger partial charge in [0, 0.05) is 18.1 Å². The number of nitriles is 1. The van der Waals surface area contributed by atoms with Crippen molar-refractivity contribution in [3.8, 4) is 17.5 Å². The van der Waals surface area contributed by atoms with Crippen LogP contribution in [0.25, 0.3) is 5.69 Å². The molecule has 0 fully saturated rings. The number of methoxy groups -OCH3 is 1. The van der Waals surface area contributed by atoms with E-state index in [2.05, 4.69) is 0 Å². The first-order chi connectivity index (χ1) is 10.8. The van der Waals surface area contributed by atoms with Gasteiger partial charge in [0.15, 0.2) is 0 Å². The zero-order chi connectivity index (χ0) is 17.2. The standard InChI is InChI=1S/C13H8Cl3N3O3S/c1-22-10-5-3-2-4-9(10)18-7-8(6-17)11(20)19(12(18)21)23-13(14,15)16/h2-5,7H,1H3. The second-order valence-electron chi connectivity index (χ2n) is 4.12. The van der Waals surface area contributed by atoms with Crippen molar-refractivity contribution in [2.75, 3.05) is 7.11 Å².